The molecule has 3 unspecified atom stereocenters. The number of halogens is 2. The summed E-state index contributed by atoms with van der Waals surface area (Å²) in [7, 11) is 1.84. The predicted octanol–water partition coefficient (Wildman–Crippen LogP) is 2.74. The fraction of sp³-hybridized carbons (Fsp3) is 0.611. The number of ether oxygens (including phenoxy) is 2. The van der Waals surface area contributed by atoms with Crippen molar-refractivity contribution < 1.29 is 23.0 Å². The van der Waals surface area contributed by atoms with Crippen LogP contribution in [0.3, 0.4) is 0 Å². The van der Waals surface area contributed by atoms with Crippen molar-refractivity contribution in [2.75, 3.05) is 20.1 Å². The molecule has 25 heavy (non-hydrogen) atoms. The van der Waals surface area contributed by atoms with Gasteiger partial charge >= 0.3 is 6.61 Å². The maximum absolute atomic E-state index is 12.7. The molecule has 0 radical (unpaired) electrons. The van der Waals surface area contributed by atoms with Crippen molar-refractivity contribution in [1.82, 2.24) is 9.80 Å². The fourth-order valence-electron chi connectivity index (χ4n) is 3.06. The number of carbonyl (C=O) groups excluding carboxylic acids is 1. The first-order valence-electron chi connectivity index (χ1n) is 8.44. The predicted molar refractivity (Wildman–Crippen MR) is 90.6 cm³/mol. The summed E-state index contributed by atoms with van der Waals surface area (Å²) in [6.45, 7) is 4.55. The second-order valence-corrected chi connectivity index (χ2v) is 6.62. The smallest absolute Gasteiger partial charge is 0.387 e. The Morgan fingerprint density at radius 2 is 2.00 bits per heavy atom. The molecule has 5 nitrogen and oxygen atoms in total. The highest BCUT2D eigenvalue weighted by Crippen LogP contribution is 2.19. The third-order valence-corrected chi connectivity index (χ3v) is 4.31. The van der Waals surface area contributed by atoms with E-state index in [0.717, 1.165) is 5.56 Å². The highest BCUT2D eigenvalue weighted by Gasteiger charge is 2.30. The van der Waals surface area contributed by atoms with Crippen LogP contribution >= 0.6 is 0 Å². The summed E-state index contributed by atoms with van der Waals surface area (Å²) >= 11 is 0. The van der Waals surface area contributed by atoms with Crippen LogP contribution in [0.1, 0.15) is 26.3 Å². The van der Waals surface area contributed by atoms with Gasteiger partial charge in [0.25, 0.3) is 0 Å². The standard InChI is InChI=1S/C18H26F2N2O3/c1-12-9-22(10-13(2)24-12)17(23)14(3)21(4)11-15-6-5-7-16(8-15)25-18(19)20/h5-8,12-14,18H,9-11H2,1-4H3. The molecular formula is C18H26F2N2O3. The second-order valence-electron chi connectivity index (χ2n) is 6.62. The molecule has 1 aromatic carbocycles. The summed E-state index contributed by atoms with van der Waals surface area (Å²) in [5.41, 5.74) is 0.809. The van der Waals surface area contributed by atoms with Crippen molar-refractivity contribution in [3.63, 3.8) is 0 Å². The van der Waals surface area contributed by atoms with Gasteiger partial charge in [-0.2, -0.15) is 8.78 Å². The van der Waals surface area contributed by atoms with Gasteiger partial charge in [0.2, 0.25) is 5.91 Å². The van der Waals surface area contributed by atoms with Crippen LogP contribution in [-0.4, -0.2) is 60.7 Å². The van der Waals surface area contributed by atoms with Crippen molar-refractivity contribution >= 4 is 5.91 Å². The molecule has 0 aliphatic carbocycles. The Hall–Kier alpha value is -1.73. The first kappa shape index (κ1) is 19.6. The van der Waals surface area contributed by atoms with Gasteiger partial charge in [-0.3, -0.25) is 9.69 Å². The molecule has 140 valence electrons. The minimum absolute atomic E-state index is 0.0217. The highest BCUT2D eigenvalue weighted by atomic mass is 19.3. The van der Waals surface area contributed by atoms with Crippen LogP contribution in [0.25, 0.3) is 0 Å². The van der Waals surface area contributed by atoms with E-state index in [4.69, 9.17) is 4.74 Å². The van der Waals surface area contributed by atoms with Crippen molar-refractivity contribution in [2.45, 2.75) is 52.2 Å². The van der Waals surface area contributed by atoms with Gasteiger partial charge in [-0.25, -0.2) is 0 Å². The first-order valence-corrected chi connectivity index (χ1v) is 8.44. The molecule has 0 spiro atoms. The van der Waals surface area contributed by atoms with Crippen molar-refractivity contribution in [3.8, 4) is 5.75 Å². The molecule has 2 rings (SSSR count). The quantitative estimate of drug-likeness (QED) is 0.786. The van der Waals surface area contributed by atoms with Crippen molar-refractivity contribution in [1.29, 1.82) is 0 Å². The molecule has 0 aromatic heterocycles. The van der Waals surface area contributed by atoms with Gasteiger partial charge in [-0.1, -0.05) is 12.1 Å². The molecule has 1 aliphatic heterocycles. The minimum atomic E-state index is -2.85. The molecule has 0 bridgehead atoms. The molecule has 0 saturated carbocycles. The summed E-state index contributed by atoms with van der Waals surface area (Å²) in [5, 5.41) is 0. The van der Waals surface area contributed by atoms with Gasteiger partial charge in [0.1, 0.15) is 5.75 Å². The van der Waals surface area contributed by atoms with Gasteiger partial charge < -0.3 is 14.4 Å². The molecule has 1 saturated heterocycles. The van der Waals surface area contributed by atoms with Crippen LogP contribution in [-0.2, 0) is 16.1 Å². The van der Waals surface area contributed by atoms with Crippen LogP contribution in [0.2, 0.25) is 0 Å². The Kier molecular flexibility index (Phi) is 6.72. The number of morpholine rings is 1. The lowest BCUT2D eigenvalue weighted by Gasteiger charge is -2.38. The van der Waals surface area contributed by atoms with Crippen LogP contribution < -0.4 is 4.74 Å². The first-order chi connectivity index (χ1) is 11.8. The monoisotopic (exact) mass is 356 g/mol. The molecule has 3 atom stereocenters. The van der Waals surface area contributed by atoms with Crippen LogP contribution in [0.5, 0.6) is 5.75 Å². The van der Waals surface area contributed by atoms with E-state index < -0.39 is 6.61 Å². The largest absolute Gasteiger partial charge is 0.435 e. The Balaban J connectivity index is 1.97. The van der Waals surface area contributed by atoms with Gasteiger partial charge in [0.05, 0.1) is 18.2 Å². The molecule has 0 N–H and O–H groups in total. The van der Waals surface area contributed by atoms with Crippen LogP contribution in [0.4, 0.5) is 8.78 Å². The van der Waals surface area contributed by atoms with E-state index in [1.807, 2.05) is 43.7 Å². The maximum Gasteiger partial charge on any atom is 0.387 e. The van der Waals surface area contributed by atoms with Gasteiger partial charge in [0, 0.05) is 19.6 Å². The molecule has 1 aromatic rings. The summed E-state index contributed by atoms with van der Waals surface area (Å²) in [4.78, 5) is 16.5. The number of nitrogens with zero attached hydrogens (tertiary/aromatic N) is 2. The van der Waals surface area contributed by atoms with E-state index in [2.05, 4.69) is 4.74 Å². The van der Waals surface area contributed by atoms with E-state index in [-0.39, 0.29) is 29.9 Å². The summed E-state index contributed by atoms with van der Waals surface area (Å²) in [6, 6.07) is 6.22. The molecule has 7 heteroatoms. The molecular weight excluding hydrogens is 330 g/mol. The zero-order chi connectivity index (χ0) is 18.6. The Morgan fingerprint density at radius 3 is 2.60 bits per heavy atom. The zero-order valence-electron chi connectivity index (χ0n) is 15.1. The van der Waals surface area contributed by atoms with Crippen molar-refractivity contribution in [2.24, 2.45) is 0 Å². The number of carbonyl (C=O) groups is 1. The summed E-state index contributed by atoms with van der Waals surface area (Å²) in [6.07, 6.45) is 0.0433. The molecule has 1 heterocycles. The molecule has 1 fully saturated rings. The SMILES string of the molecule is CC1CN(C(=O)C(C)N(C)Cc2cccc(OC(F)F)c2)CC(C)O1. The lowest BCUT2D eigenvalue weighted by Crippen LogP contribution is -2.53. The number of rotatable bonds is 6. The van der Waals surface area contributed by atoms with Gasteiger partial charge in [-0.15, -0.1) is 0 Å². The average Bonchev–Trinajstić information content (AvgIpc) is 2.52. The summed E-state index contributed by atoms with van der Waals surface area (Å²) in [5.74, 6) is 0.167. The number of amides is 1. The Bertz CT molecular complexity index is 575. The number of alkyl halides is 2. The molecule has 1 aliphatic rings. The van der Waals surface area contributed by atoms with E-state index >= 15 is 0 Å². The average molecular weight is 356 g/mol. The van der Waals surface area contributed by atoms with E-state index in [9.17, 15) is 13.6 Å². The number of hydrogen-bond donors (Lipinski definition) is 0. The van der Waals surface area contributed by atoms with Gasteiger partial charge in [0.15, 0.2) is 0 Å². The normalized spacial score (nSPS) is 22.3. The zero-order valence-corrected chi connectivity index (χ0v) is 15.1. The van der Waals surface area contributed by atoms with E-state index in [1.165, 1.54) is 6.07 Å². The lowest BCUT2D eigenvalue weighted by atomic mass is 10.1. The van der Waals surface area contributed by atoms with Crippen LogP contribution in [0, 0.1) is 0 Å². The second kappa shape index (κ2) is 8.58. The number of hydrogen-bond acceptors (Lipinski definition) is 4. The lowest BCUT2D eigenvalue weighted by molar-refractivity contribution is -0.147. The van der Waals surface area contributed by atoms with E-state index in [0.29, 0.717) is 19.6 Å². The number of benzene rings is 1. The maximum atomic E-state index is 12.7. The Morgan fingerprint density at radius 1 is 1.36 bits per heavy atom. The topological polar surface area (TPSA) is 42.0 Å². The van der Waals surface area contributed by atoms with E-state index in [1.54, 1.807) is 12.1 Å². The number of likely N-dealkylation sites (N-methyl/N-ethyl adjacent to an activating group) is 1. The van der Waals surface area contributed by atoms with Crippen LogP contribution in [0.15, 0.2) is 24.3 Å². The highest BCUT2D eigenvalue weighted by molar-refractivity contribution is 5.81. The minimum Gasteiger partial charge on any atom is -0.435 e. The fourth-order valence-corrected chi connectivity index (χ4v) is 3.06. The third kappa shape index (κ3) is 5.64. The van der Waals surface area contributed by atoms with Gasteiger partial charge in [-0.05, 0) is 45.5 Å². The summed E-state index contributed by atoms with van der Waals surface area (Å²) < 4.78 is 34.7. The molecule has 1 amide bonds. The third-order valence-electron chi connectivity index (χ3n) is 4.31. The van der Waals surface area contributed by atoms with Crippen molar-refractivity contribution in [3.05, 3.63) is 29.8 Å². The Labute approximate surface area is 147 Å².